The lowest BCUT2D eigenvalue weighted by Crippen LogP contribution is -2.38. The maximum Gasteiger partial charge on any atom is 0.252 e. The molecule has 18 heavy (non-hydrogen) atoms. The van der Waals surface area contributed by atoms with Crippen LogP contribution >= 0.6 is 0 Å². The van der Waals surface area contributed by atoms with Gasteiger partial charge in [0.15, 0.2) is 6.10 Å². The maximum absolute atomic E-state index is 12.0. The lowest BCUT2D eigenvalue weighted by atomic mass is 9.77. The number of hydrogen-bond acceptors (Lipinski definition) is 2. The lowest BCUT2D eigenvalue weighted by Gasteiger charge is -2.34. The van der Waals surface area contributed by atoms with Gasteiger partial charge in [0.05, 0.1) is 12.1 Å². The fourth-order valence-electron chi connectivity index (χ4n) is 2.60. The highest BCUT2D eigenvalue weighted by Crippen LogP contribution is 2.38. The first-order valence-electron chi connectivity index (χ1n) is 6.76. The Morgan fingerprint density at radius 3 is 2.50 bits per heavy atom. The predicted octanol–water partition coefficient (Wildman–Crippen LogP) is 2.43. The minimum atomic E-state index is -0.226. The van der Waals surface area contributed by atoms with Crippen molar-refractivity contribution in [3.05, 3.63) is 35.9 Å². The Bertz CT molecular complexity index is 427. The summed E-state index contributed by atoms with van der Waals surface area (Å²) < 4.78 is 5.23. The van der Waals surface area contributed by atoms with Crippen molar-refractivity contribution in [2.45, 2.75) is 44.4 Å². The summed E-state index contributed by atoms with van der Waals surface area (Å²) in [6.07, 6.45) is 3.56. The first kappa shape index (κ1) is 11.7. The van der Waals surface area contributed by atoms with Crippen molar-refractivity contribution in [1.82, 2.24) is 5.32 Å². The number of epoxide rings is 1. The quantitative estimate of drug-likeness (QED) is 0.828. The van der Waals surface area contributed by atoms with Crippen LogP contribution in [0.15, 0.2) is 30.3 Å². The molecule has 0 bridgehead atoms. The molecule has 2 aliphatic rings. The molecule has 1 saturated heterocycles. The number of nitrogens with one attached hydrogen (secondary N) is 1. The molecule has 1 unspecified atom stereocenters. The Balaban J connectivity index is 1.72. The predicted molar refractivity (Wildman–Crippen MR) is 69.0 cm³/mol. The Kier molecular flexibility index (Phi) is 3.08. The van der Waals surface area contributed by atoms with E-state index in [1.54, 1.807) is 0 Å². The summed E-state index contributed by atoms with van der Waals surface area (Å²) in [5.74, 6) is 0.633. The number of carbonyl (C=O) groups excluding carboxylic acids is 1. The molecule has 1 aliphatic carbocycles. The van der Waals surface area contributed by atoms with Gasteiger partial charge in [0, 0.05) is 0 Å². The molecule has 1 N–H and O–H groups in total. The molecule has 2 fully saturated rings. The van der Waals surface area contributed by atoms with Crippen molar-refractivity contribution in [1.29, 1.82) is 0 Å². The van der Waals surface area contributed by atoms with Gasteiger partial charge in [0.1, 0.15) is 0 Å². The number of rotatable bonds is 4. The molecule has 1 aromatic carbocycles. The van der Waals surface area contributed by atoms with Crippen LogP contribution in [0.5, 0.6) is 0 Å². The van der Waals surface area contributed by atoms with E-state index in [-0.39, 0.29) is 24.2 Å². The first-order chi connectivity index (χ1) is 8.75. The number of benzene rings is 1. The molecule has 1 aromatic rings. The van der Waals surface area contributed by atoms with E-state index in [2.05, 4.69) is 17.4 Å². The van der Waals surface area contributed by atoms with Crippen LogP contribution in [0.1, 0.15) is 37.8 Å². The van der Waals surface area contributed by atoms with Gasteiger partial charge in [-0.3, -0.25) is 4.79 Å². The van der Waals surface area contributed by atoms with Gasteiger partial charge in [0.25, 0.3) is 5.91 Å². The molecule has 3 heteroatoms. The Morgan fingerprint density at radius 1 is 1.33 bits per heavy atom. The average Bonchev–Trinajstić information content (AvgIpc) is 3.04. The van der Waals surface area contributed by atoms with Crippen LogP contribution in [-0.2, 0) is 9.53 Å². The van der Waals surface area contributed by atoms with E-state index in [4.69, 9.17) is 4.74 Å². The highest BCUT2D eigenvalue weighted by atomic mass is 16.6. The van der Waals surface area contributed by atoms with Crippen molar-refractivity contribution < 1.29 is 9.53 Å². The van der Waals surface area contributed by atoms with E-state index in [1.165, 1.54) is 24.8 Å². The van der Waals surface area contributed by atoms with Crippen molar-refractivity contribution in [3.8, 4) is 0 Å². The zero-order chi connectivity index (χ0) is 12.5. The minimum Gasteiger partial charge on any atom is -0.359 e. The zero-order valence-electron chi connectivity index (χ0n) is 10.6. The fraction of sp³-hybridized carbons (Fsp3) is 0.533. The number of ether oxygens (including phenoxy) is 1. The normalized spacial score (nSPS) is 28.3. The molecular weight excluding hydrogens is 226 g/mol. The second kappa shape index (κ2) is 4.73. The second-order valence-corrected chi connectivity index (χ2v) is 5.35. The summed E-state index contributed by atoms with van der Waals surface area (Å²) >= 11 is 0. The monoisotopic (exact) mass is 245 g/mol. The van der Waals surface area contributed by atoms with E-state index < -0.39 is 0 Å². The van der Waals surface area contributed by atoms with Gasteiger partial charge in [-0.25, -0.2) is 0 Å². The van der Waals surface area contributed by atoms with Crippen LogP contribution in [0.4, 0.5) is 0 Å². The Morgan fingerprint density at radius 2 is 2.00 bits per heavy atom. The van der Waals surface area contributed by atoms with Crippen molar-refractivity contribution >= 4 is 5.91 Å². The lowest BCUT2D eigenvalue weighted by molar-refractivity contribution is -0.123. The molecule has 0 radical (unpaired) electrons. The van der Waals surface area contributed by atoms with Crippen LogP contribution < -0.4 is 5.32 Å². The third-order valence-electron chi connectivity index (χ3n) is 4.05. The van der Waals surface area contributed by atoms with E-state index in [0.29, 0.717) is 5.92 Å². The van der Waals surface area contributed by atoms with Crippen LogP contribution in [0.3, 0.4) is 0 Å². The first-order valence-corrected chi connectivity index (χ1v) is 6.76. The van der Waals surface area contributed by atoms with Crippen LogP contribution in [0, 0.1) is 5.92 Å². The number of amides is 1. The molecule has 1 aliphatic heterocycles. The maximum atomic E-state index is 12.0. The van der Waals surface area contributed by atoms with Gasteiger partial charge < -0.3 is 10.1 Å². The van der Waals surface area contributed by atoms with Gasteiger partial charge in [-0.15, -0.1) is 0 Å². The van der Waals surface area contributed by atoms with Gasteiger partial charge in [-0.1, -0.05) is 36.8 Å². The SMILES string of the molecule is C[C@@H]1O[C@H]1C(=O)NC(c1ccccc1)C1CCC1. The standard InChI is InChI=1S/C15H19NO2/c1-10-14(18-10)15(17)16-13(12-8-5-9-12)11-6-3-2-4-7-11/h2-4,6-7,10,12-14H,5,8-9H2,1H3,(H,16,17)/t10-,13?,14+/m0/s1. The summed E-state index contributed by atoms with van der Waals surface area (Å²) in [6.45, 7) is 1.94. The molecular formula is C15H19NO2. The highest BCUT2D eigenvalue weighted by Gasteiger charge is 2.42. The Hall–Kier alpha value is -1.35. The summed E-state index contributed by atoms with van der Waals surface area (Å²) in [6, 6.07) is 10.4. The zero-order valence-corrected chi connectivity index (χ0v) is 10.6. The fourth-order valence-corrected chi connectivity index (χ4v) is 2.60. The summed E-state index contributed by atoms with van der Waals surface area (Å²) in [5, 5.41) is 3.16. The molecule has 96 valence electrons. The van der Waals surface area contributed by atoms with Crippen LogP contribution in [-0.4, -0.2) is 18.1 Å². The summed E-state index contributed by atoms with van der Waals surface area (Å²) in [7, 11) is 0. The molecule has 1 amide bonds. The largest absolute Gasteiger partial charge is 0.359 e. The third-order valence-corrected chi connectivity index (χ3v) is 4.05. The average molecular weight is 245 g/mol. The van der Waals surface area contributed by atoms with Crippen LogP contribution in [0.25, 0.3) is 0 Å². The van der Waals surface area contributed by atoms with Crippen molar-refractivity contribution in [2.75, 3.05) is 0 Å². The van der Waals surface area contributed by atoms with E-state index >= 15 is 0 Å². The Labute approximate surface area is 108 Å². The topological polar surface area (TPSA) is 41.6 Å². The summed E-state index contributed by atoms with van der Waals surface area (Å²) in [4.78, 5) is 12.0. The van der Waals surface area contributed by atoms with E-state index in [0.717, 1.165) is 0 Å². The molecule has 3 nitrogen and oxygen atoms in total. The smallest absolute Gasteiger partial charge is 0.252 e. The number of carbonyl (C=O) groups is 1. The van der Waals surface area contributed by atoms with E-state index in [1.807, 2.05) is 25.1 Å². The molecule has 3 atom stereocenters. The molecule has 1 heterocycles. The van der Waals surface area contributed by atoms with Crippen molar-refractivity contribution in [3.63, 3.8) is 0 Å². The van der Waals surface area contributed by atoms with Gasteiger partial charge >= 0.3 is 0 Å². The van der Waals surface area contributed by atoms with Gasteiger partial charge in [-0.05, 0) is 31.2 Å². The van der Waals surface area contributed by atoms with Gasteiger partial charge in [0.2, 0.25) is 0 Å². The minimum absolute atomic E-state index is 0.0447. The van der Waals surface area contributed by atoms with Gasteiger partial charge in [-0.2, -0.15) is 0 Å². The molecule has 3 rings (SSSR count). The molecule has 0 spiro atoms. The third kappa shape index (κ3) is 2.27. The second-order valence-electron chi connectivity index (χ2n) is 5.35. The van der Waals surface area contributed by atoms with E-state index in [9.17, 15) is 4.79 Å². The number of hydrogen-bond donors (Lipinski definition) is 1. The highest BCUT2D eigenvalue weighted by molar-refractivity contribution is 5.84. The van der Waals surface area contributed by atoms with Crippen LogP contribution in [0.2, 0.25) is 0 Å². The van der Waals surface area contributed by atoms with Crippen molar-refractivity contribution in [2.24, 2.45) is 5.92 Å². The molecule has 0 aromatic heterocycles. The summed E-state index contributed by atoms with van der Waals surface area (Å²) in [5.41, 5.74) is 1.21. The molecule has 1 saturated carbocycles.